The topological polar surface area (TPSA) is 40.5 Å². The molecule has 2 rings (SSSR count). The van der Waals surface area contributed by atoms with Crippen molar-refractivity contribution in [2.75, 3.05) is 13.1 Å². The fraction of sp³-hybridized carbons (Fsp3) is 0.500. The lowest BCUT2D eigenvalue weighted by Gasteiger charge is -2.23. The molecule has 19 heavy (non-hydrogen) atoms. The molecular formula is C14H17BrFNO2. The van der Waals surface area contributed by atoms with Crippen molar-refractivity contribution in [3.8, 4) is 0 Å². The number of benzene rings is 1. The Hall–Kier alpha value is -0.940. The summed E-state index contributed by atoms with van der Waals surface area (Å²) in [6.07, 6.45) is 1.33. The van der Waals surface area contributed by atoms with E-state index in [1.54, 1.807) is 12.1 Å². The molecule has 5 heteroatoms. The molecule has 1 aromatic carbocycles. The van der Waals surface area contributed by atoms with Gasteiger partial charge in [-0.15, -0.1) is 0 Å². The summed E-state index contributed by atoms with van der Waals surface area (Å²) in [6.45, 7) is 3.92. The van der Waals surface area contributed by atoms with Gasteiger partial charge >= 0.3 is 5.97 Å². The van der Waals surface area contributed by atoms with E-state index in [0.29, 0.717) is 30.4 Å². The maximum atomic E-state index is 13.2. The molecule has 0 aliphatic carbocycles. The highest BCUT2D eigenvalue weighted by Gasteiger charge is 2.42. The Labute approximate surface area is 120 Å². The van der Waals surface area contributed by atoms with Crippen molar-refractivity contribution in [2.45, 2.75) is 26.3 Å². The fourth-order valence-electron chi connectivity index (χ4n) is 2.60. The van der Waals surface area contributed by atoms with Crippen LogP contribution in [0.25, 0.3) is 0 Å². The van der Waals surface area contributed by atoms with E-state index in [1.165, 1.54) is 6.07 Å². The Morgan fingerprint density at radius 2 is 2.32 bits per heavy atom. The average Bonchev–Trinajstić information content (AvgIpc) is 2.79. The lowest BCUT2D eigenvalue weighted by molar-refractivity contribution is -0.148. The number of carbonyl (C=O) groups is 1. The van der Waals surface area contributed by atoms with E-state index in [-0.39, 0.29) is 5.82 Å². The molecule has 0 amide bonds. The fourth-order valence-corrected chi connectivity index (χ4v) is 3.03. The van der Waals surface area contributed by atoms with Crippen molar-refractivity contribution in [3.63, 3.8) is 0 Å². The van der Waals surface area contributed by atoms with Crippen molar-refractivity contribution >= 4 is 21.9 Å². The molecule has 1 fully saturated rings. The third kappa shape index (κ3) is 2.98. The summed E-state index contributed by atoms with van der Waals surface area (Å²) in [5, 5.41) is 9.34. The molecule has 104 valence electrons. The molecule has 1 N–H and O–H groups in total. The molecule has 0 radical (unpaired) electrons. The maximum Gasteiger partial charge on any atom is 0.310 e. The minimum atomic E-state index is -0.710. The number of carboxylic acids is 1. The molecule has 1 heterocycles. The largest absolute Gasteiger partial charge is 0.481 e. The normalized spacial score (nSPS) is 23.7. The van der Waals surface area contributed by atoms with Gasteiger partial charge in [-0.3, -0.25) is 9.69 Å². The zero-order valence-electron chi connectivity index (χ0n) is 10.8. The second-order valence-corrected chi connectivity index (χ2v) is 6.00. The zero-order chi connectivity index (χ0) is 14.0. The van der Waals surface area contributed by atoms with E-state index < -0.39 is 11.4 Å². The van der Waals surface area contributed by atoms with Gasteiger partial charge in [0.2, 0.25) is 0 Å². The van der Waals surface area contributed by atoms with Crippen molar-refractivity contribution in [1.29, 1.82) is 0 Å². The van der Waals surface area contributed by atoms with Gasteiger partial charge < -0.3 is 5.11 Å². The summed E-state index contributed by atoms with van der Waals surface area (Å²) in [5.41, 5.74) is 0.377. The quantitative estimate of drug-likeness (QED) is 0.921. The van der Waals surface area contributed by atoms with Gasteiger partial charge in [-0.25, -0.2) is 4.39 Å². The summed E-state index contributed by atoms with van der Waals surface area (Å²) in [4.78, 5) is 13.5. The second kappa shape index (κ2) is 5.59. The van der Waals surface area contributed by atoms with Crippen LogP contribution in [0.15, 0.2) is 22.7 Å². The molecular weight excluding hydrogens is 313 g/mol. The molecule has 1 saturated heterocycles. The van der Waals surface area contributed by atoms with Gasteiger partial charge in [0.1, 0.15) is 5.82 Å². The SMILES string of the molecule is CCC1(C(=O)O)CCN(Cc2ccc(F)c(Br)c2)C1. The Morgan fingerprint density at radius 1 is 1.58 bits per heavy atom. The number of carboxylic acid groups (broad SMARTS) is 1. The van der Waals surface area contributed by atoms with Gasteiger partial charge in [0.15, 0.2) is 0 Å². The van der Waals surface area contributed by atoms with Crippen molar-refractivity contribution in [1.82, 2.24) is 4.90 Å². The first-order valence-corrected chi connectivity index (χ1v) is 7.16. The van der Waals surface area contributed by atoms with E-state index in [2.05, 4.69) is 20.8 Å². The number of rotatable bonds is 4. The Bertz CT molecular complexity index is 494. The smallest absolute Gasteiger partial charge is 0.310 e. The van der Waals surface area contributed by atoms with Crippen LogP contribution in [0.2, 0.25) is 0 Å². The predicted molar refractivity (Wildman–Crippen MR) is 74.4 cm³/mol. The highest BCUT2D eigenvalue weighted by atomic mass is 79.9. The summed E-state index contributed by atoms with van der Waals surface area (Å²) >= 11 is 3.17. The van der Waals surface area contributed by atoms with Crippen LogP contribution in [0.5, 0.6) is 0 Å². The van der Waals surface area contributed by atoms with Gasteiger partial charge in [0.25, 0.3) is 0 Å². The second-order valence-electron chi connectivity index (χ2n) is 5.15. The van der Waals surface area contributed by atoms with E-state index in [4.69, 9.17) is 0 Å². The van der Waals surface area contributed by atoms with Crippen molar-refractivity contribution < 1.29 is 14.3 Å². The van der Waals surface area contributed by atoms with Crippen LogP contribution < -0.4 is 0 Å². The molecule has 1 aliphatic heterocycles. The number of halogens is 2. The Balaban J connectivity index is 2.05. The van der Waals surface area contributed by atoms with Crippen LogP contribution in [-0.4, -0.2) is 29.1 Å². The van der Waals surface area contributed by atoms with Crippen molar-refractivity contribution in [3.05, 3.63) is 34.1 Å². The van der Waals surface area contributed by atoms with Gasteiger partial charge in [-0.05, 0) is 53.0 Å². The lowest BCUT2D eigenvalue weighted by Crippen LogP contribution is -2.33. The number of likely N-dealkylation sites (tertiary alicyclic amines) is 1. The van der Waals surface area contributed by atoms with Gasteiger partial charge in [-0.2, -0.15) is 0 Å². The monoisotopic (exact) mass is 329 g/mol. The Morgan fingerprint density at radius 3 is 2.84 bits per heavy atom. The minimum absolute atomic E-state index is 0.279. The molecule has 1 atom stereocenters. The zero-order valence-corrected chi connectivity index (χ0v) is 12.4. The number of aliphatic carboxylic acids is 1. The molecule has 1 aromatic rings. The first-order chi connectivity index (χ1) is 8.97. The average molecular weight is 330 g/mol. The van der Waals surface area contributed by atoms with Crippen LogP contribution in [0.1, 0.15) is 25.3 Å². The molecule has 1 aliphatic rings. The summed E-state index contributed by atoms with van der Waals surface area (Å²) in [6, 6.07) is 4.93. The lowest BCUT2D eigenvalue weighted by atomic mass is 9.84. The first kappa shape index (κ1) is 14.5. The van der Waals surface area contributed by atoms with E-state index in [1.807, 2.05) is 6.92 Å². The maximum absolute atomic E-state index is 13.2. The summed E-state index contributed by atoms with van der Waals surface area (Å²) in [5.74, 6) is -0.989. The first-order valence-electron chi connectivity index (χ1n) is 6.36. The van der Waals surface area contributed by atoms with Crippen LogP contribution in [0.3, 0.4) is 0 Å². The highest BCUT2D eigenvalue weighted by Crippen LogP contribution is 2.35. The van der Waals surface area contributed by atoms with Crippen LogP contribution in [-0.2, 0) is 11.3 Å². The number of nitrogens with zero attached hydrogens (tertiary/aromatic N) is 1. The minimum Gasteiger partial charge on any atom is -0.481 e. The molecule has 0 bridgehead atoms. The number of hydrogen-bond acceptors (Lipinski definition) is 2. The molecule has 0 saturated carbocycles. The van der Waals surface area contributed by atoms with E-state index >= 15 is 0 Å². The number of hydrogen-bond donors (Lipinski definition) is 1. The van der Waals surface area contributed by atoms with Crippen LogP contribution in [0.4, 0.5) is 4.39 Å². The van der Waals surface area contributed by atoms with Crippen LogP contribution >= 0.6 is 15.9 Å². The van der Waals surface area contributed by atoms with Gasteiger partial charge in [0, 0.05) is 13.1 Å². The standard InChI is InChI=1S/C14H17BrFNO2/c1-2-14(13(18)19)5-6-17(9-14)8-10-3-4-12(16)11(15)7-10/h3-4,7H,2,5-6,8-9H2,1H3,(H,18,19). The van der Waals surface area contributed by atoms with E-state index in [9.17, 15) is 14.3 Å². The van der Waals surface area contributed by atoms with Crippen molar-refractivity contribution in [2.24, 2.45) is 5.41 Å². The molecule has 0 spiro atoms. The third-order valence-corrected chi connectivity index (χ3v) is 4.56. The Kier molecular flexibility index (Phi) is 4.26. The van der Waals surface area contributed by atoms with Gasteiger partial charge in [-0.1, -0.05) is 13.0 Å². The van der Waals surface area contributed by atoms with Gasteiger partial charge in [0.05, 0.1) is 9.89 Å². The molecule has 1 unspecified atom stereocenters. The predicted octanol–water partition coefficient (Wildman–Crippen LogP) is 3.27. The van der Waals surface area contributed by atoms with E-state index in [0.717, 1.165) is 12.1 Å². The molecule has 0 aromatic heterocycles. The molecule has 3 nitrogen and oxygen atoms in total. The summed E-state index contributed by atoms with van der Waals surface area (Å²) in [7, 11) is 0. The van der Waals surface area contributed by atoms with Crippen LogP contribution in [0, 0.1) is 11.2 Å². The third-order valence-electron chi connectivity index (χ3n) is 3.95. The summed E-state index contributed by atoms with van der Waals surface area (Å²) < 4.78 is 13.6. The highest BCUT2D eigenvalue weighted by molar-refractivity contribution is 9.10.